The molecule has 0 aliphatic carbocycles. The number of rotatable bonds is 8. The Morgan fingerprint density at radius 2 is 1.00 bits per heavy atom. The summed E-state index contributed by atoms with van der Waals surface area (Å²) < 4.78 is 0. The van der Waals surface area contributed by atoms with Gasteiger partial charge in [-0.2, -0.15) is 0 Å². The summed E-state index contributed by atoms with van der Waals surface area (Å²) in [6.07, 6.45) is 2.18. The van der Waals surface area contributed by atoms with Crippen LogP contribution >= 0.6 is 18.6 Å². The SMILES string of the molecule is CCC(CC)(C[N-]c1c(C)cccc1C)C[N-]c1c(C)cccc1C.[Cl][Ti][Cl]. The van der Waals surface area contributed by atoms with E-state index >= 15 is 0 Å². The van der Waals surface area contributed by atoms with Crippen LogP contribution in [-0.2, 0) is 17.0 Å². The van der Waals surface area contributed by atoms with Crippen molar-refractivity contribution in [3.63, 3.8) is 0 Å². The molecule has 2 nitrogen and oxygen atoms in total. The van der Waals surface area contributed by atoms with Crippen LogP contribution in [0.3, 0.4) is 0 Å². The molecule has 2 aromatic rings. The van der Waals surface area contributed by atoms with Gasteiger partial charge < -0.3 is 10.6 Å². The molecule has 0 radical (unpaired) electrons. The summed E-state index contributed by atoms with van der Waals surface area (Å²) in [5, 5.41) is 10.0. The molecule has 28 heavy (non-hydrogen) atoms. The van der Waals surface area contributed by atoms with Crippen LogP contribution in [0.2, 0.25) is 0 Å². The number of hydrogen-bond acceptors (Lipinski definition) is 0. The van der Waals surface area contributed by atoms with Crippen molar-refractivity contribution in [1.82, 2.24) is 0 Å². The van der Waals surface area contributed by atoms with E-state index in [4.69, 9.17) is 29.2 Å². The average molecular weight is 455 g/mol. The Morgan fingerprint density at radius 3 is 1.25 bits per heavy atom. The maximum atomic E-state index is 5.02. The Kier molecular flexibility index (Phi) is 11.6. The zero-order valence-corrected chi connectivity index (χ0v) is 21.0. The summed E-state index contributed by atoms with van der Waals surface area (Å²) >= 11 is -0.556. The zero-order chi connectivity index (χ0) is 21.2. The van der Waals surface area contributed by atoms with Crippen LogP contribution < -0.4 is 0 Å². The normalized spacial score (nSPS) is 10.7. The molecule has 0 aliphatic heterocycles. The van der Waals surface area contributed by atoms with Crippen LogP contribution in [0, 0.1) is 33.1 Å². The topological polar surface area (TPSA) is 28.2 Å². The van der Waals surface area contributed by atoms with Crippen LogP contribution in [0.5, 0.6) is 0 Å². The van der Waals surface area contributed by atoms with E-state index in [0.717, 1.165) is 37.3 Å². The van der Waals surface area contributed by atoms with Gasteiger partial charge in [-0.1, -0.05) is 90.8 Å². The van der Waals surface area contributed by atoms with Crippen molar-refractivity contribution >= 4 is 30.0 Å². The van der Waals surface area contributed by atoms with E-state index in [9.17, 15) is 0 Å². The van der Waals surface area contributed by atoms with Crippen LogP contribution in [0.15, 0.2) is 36.4 Å². The van der Waals surface area contributed by atoms with E-state index in [-0.39, 0.29) is 5.41 Å². The molecular formula is C23H32Cl2N2Ti-2. The minimum atomic E-state index is -0.556. The Labute approximate surface area is 188 Å². The number of halogens is 2. The second kappa shape index (κ2) is 12.8. The molecule has 154 valence electrons. The van der Waals surface area contributed by atoms with E-state index in [2.05, 4.69) is 77.9 Å². The van der Waals surface area contributed by atoms with Crippen LogP contribution in [-0.4, -0.2) is 13.1 Å². The first-order valence-corrected chi connectivity index (χ1v) is 14.1. The van der Waals surface area contributed by atoms with Crippen molar-refractivity contribution in [3.8, 4) is 0 Å². The van der Waals surface area contributed by atoms with E-state index in [1.54, 1.807) is 0 Å². The molecule has 0 saturated carbocycles. The number of aryl methyl sites for hydroxylation is 4. The molecule has 0 amide bonds. The van der Waals surface area contributed by atoms with Gasteiger partial charge in [-0.15, -0.1) is 24.5 Å². The quantitative estimate of drug-likeness (QED) is 0.356. The zero-order valence-electron chi connectivity index (χ0n) is 17.9. The molecule has 0 unspecified atom stereocenters. The minimum absolute atomic E-state index is 0.128. The molecule has 0 spiro atoms. The van der Waals surface area contributed by atoms with Crippen LogP contribution in [0.1, 0.15) is 48.9 Å². The molecule has 0 aromatic heterocycles. The van der Waals surface area contributed by atoms with Crippen molar-refractivity contribution in [1.29, 1.82) is 0 Å². The average Bonchev–Trinajstić information content (AvgIpc) is 2.66. The monoisotopic (exact) mass is 454 g/mol. The van der Waals surface area contributed by atoms with Gasteiger partial charge in [0.05, 0.1) is 0 Å². The fraction of sp³-hybridized carbons (Fsp3) is 0.478. The third-order valence-corrected chi connectivity index (χ3v) is 5.52. The Bertz CT molecular complexity index is 633. The van der Waals surface area contributed by atoms with Crippen LogP contribution in [0.4, 0.5) is 11.4 Å². The van der Waals surface area contributed by atoms with Gasteiger partial charge in [-0.05, 0) is 27.7 Å². The third kappa shape index (κ3) is 7.30. The van der Waals surface area contributed by atoms with Gasteiger partial charge in [0.1, 0.15) is 0 Å². The first kappa shape index (κ1) is 25.4. The fourth-order valence-electron chi connectivity index (χ4n) is 3.35. The molecule has 5 heteroatoms. The van der Waals surface area contributed by atoms with Crippen molar-refractivity contribution < 1.29 is 17.0 Å². The Balaban J connectivity index is 0.00000122. The second-order valence-electron chi connectivity index (χ2n) is 7.39. The predicted octanol–water partition coefficient (Wildman–Crippen LogP) is 8.81. The maximum absolute atomic E-state index is 5.02. The molecule has 0 saturated heterocycles. The van der Waals surface area contributed by atoms with E-state index in [1.165, 1.54) is 22.3 Å². The molecule has 0 atom stereocenters. The fourth-order valence-corrected chi connectivity index (χ4v) is 3.35. The van der Waals surface area contributed by atoms with Crippen molar-refractivity contribution in [2.75, 3.05) is 13.1 Å². The summed E-state index contributed by atoms with van der Waals surface area (Å²) in [6.45, 7) is 14.8. The molecule has 0 N–H and O–H groups in total. The van der Waals surface area contributed by atoms with Gasteiger partial charge >= 0.3 is 35.6 Å². The Morgan fingerprint density at radius 1 is 0.714 bits per heavy atom. The van der Waals surface area contributed by atoms with E-state index in [1.807, 2.05) is 0 Å². The van der Waals surface area contributed by atoms with Crippen LogP contribution in [0.25, 0.3) is 10.6 Å². The standard InChI is InChI=1S/C23H32N2.2ClH.Ti/c1-7-23(8-2,15-24-21-17(3)11-9-12-18(21)4)16-25-22-19(5)13-10-14-20(22)6;;;/h9-14H,7-8,15-16H2,1-6H3;2*1H;/q-2;;;+2/p-2. The third-order valence-electron chi connectivity index (χ3n) is 5.52. The number of benzene rings is 2. The molecular weight excluding hydrogens is 423 g/mol. The molecule has 0 fully saturated rings. The molecule has 2 rings (SSSR count). The summed E-state index contributed by atoms with van der Waals surface area (Å²) in [5.41, 5.74) is 7.46. The molecule has 0 bridgehead atoms. The Hall–Kier alpha value is -0.666. The summed E-state index contributed by atoms with van der Waals surface area (Å²) in [7, 11) is 9.78. The number of hydrogen-bond donors (Lipinski definition) is 0. The molecule has 0 heterocycles. The van der Waals surface area contributed by atoms with Crippen molar-refractivity contribution in [3.05, 3.63) is 69.3 Å². The van der Waals surface area contributed by atoms with Crippen molar-refractivity contribution in [2.45, 2.75) is 54.4 Å². The second-order valence-corrected chi connectivity index (χ2v) is 9.97. The summed E-state index contributed by atoms with van der Waals surface area (Å²) in [6, 6.07) is 12.8. The summed E-state index contributed by atoms with van der Waals surface area (Å²) in [4.78, 5) is 0. The predicted molar refractivity (Wildman–Crippen MR) is 122 cm³/mol. The molecule has 0 aliphatic rings. The van der Waals surface area contributed by atoms with Gasteiger partial charge in [0.2, 0.25) is 0 Å². The summed E-state index contributed by atoms with van der Waals surface area (Å²) in [5.74, 6) is 0. The number of para-hydroxylation sites is 2. The van der Waals surface area contributed by atoms with Gasteiger partial charge in [0.15, 0.2) is 0 Å². The van der Waals surface area contributed by atoms with Crippen molar-refractivity contribution in [2.24, 2.45) is 5.41 Å². The van der Waals surface area contributed by atoms with Gasteiger partial charge in [0, 0.05) is 0 Å². The first-order chi connectivity index (χ1) is 13.3. The van der Waals surface area contributed by atoms with Gasteiger partial charge in [-0.25, -0.2) is 0 Å². The first-order valence-electron chi connectivity index (χ1n) is 9.77. The molecule has 2 aromatic carbocycles. The van der Waals surface area contributed by atoms with E-state index < -0.39 is 17.0 Å². The number of nitrogens with zero attached hydrogens (tertiary/aromatic N) is 2. The van der Waals surface area contributed by atoms with Gasteiger partial charge in [0.25, 0.3) is 0 Å². The van der Waals surface area contributed by atoms with E-state index in [0.29, 0.717) is 0 Å². The van der Waals surface area contributed by atoms with Gasteiger partial charge in [-0.3, -0.25) is 0 Å².